The summed E-state index contributed by atoms with van der Waals surface area (Å²) < 4.78 is 35.3. The van der Waals surface area contributed by atoms with E-state index < -0.39 is 120 Å². The van der Waals surface area contributed by atoms with Crippen molar-refractivity contribution in [3.05, 3.63) is 48.1 Å². The van der Waals surface area contributed by atoms with Crippen LogP contribution in [0.2, 0.25) is 0 Å². The molecule has 0 aromatic heterocycles. The van der Waals surface area contributed by atoms with E-state index in [4.69, 9.17) is 28.4 Å². The van der Waals surface area contributed by atoms with Gasteiger partial charge >= 0.3 is 11.9 Å². The third kappa shape index (κ3) is 15.8. The number of amides is 1. The van der Waals surface area contributed by atoms with E-state index in [1.54, 1.807) is 27.9 Å². The van der Waals surface area contributed by atoms with Crippen molar-refractivity contribution in [1.82, 2.24) is 4.90 Å². The number of esters is 2. The number of carbonyl (C=O) groups is 6. The molecule has 1 amide bonds. The number of hydrogen-bond acceptors (Lipinski definition) is 16. The van der Waals surface area contributed by atoms with E-state index in [0.29, 0.717) is 64.2 Å². The van der Waals surface area contributed by atoms with Gasteiger partial charge in [-0.1, -0.05) is 77.2 Å². The lowest BCUT2D eigenvalue weighted by Gasteiger charge is -2.42. The Hall–Kier alpha value is -3.94. The van der Waals surface area contributed by atoms with Crippen molar-refractivity contribution in [3.8, 4) is 0 Å². The number of rotatable bonds is 10. The first-order chi connectivity index (χ1) is 34.1. The zero-order valence-electron chi connectivity index (χ0n) is 44.4. The molecule has 3 fully saturated rings. The van der Waals surface area contributed by atoms with Gasteiger partial charge in [0.15, 0.2) is 5.78 Å². The van der Waals surface area contributed by atoms with Crippen LogP contribution in [-0.2, 0) is 57.2 Å². The smallest absolute Gasteiger partial charge is 0.329 e. The molecule has 2 saturated heterocycles. The first-order valence-electron chi connectivity index (χ1n) is 26.0. The molecule has 0 unspecified atom stereocenters. The fourth-order valence-corrected chi connectivity index (χ4v) is 10.4. The molecule has 0 radical (unpaired) electrons. The number of methoxy groups -OCH3 is 3. The predicted molar refractivity (Wildman–Crippen MR) is 267 cm³/mol. The molecule has 0 aromatic carbocycles. The first-order valence-corrected chi connectivity index (χ1v) is 26.0. The van der Waals surface area contributed by atoms with Crippen molar-refractivity contribution in [3.63, 3.8) is 0 Å². The van der Waals surface area contributed by atoms with E-state index in [0.717, 1.165) is 10.5 Å². The van der Waals surface area contributed by atoms with Crippen molar-refractivity contribution < 1.29 is 77.6 Å². The second-order valence-electron chi connectivity index (χ2n) is 21.4. The lowest BCUT2D eigenvalue weighted by molar-refractivity contribution is -0.265. The van der Waals surface area contributed by atoms with Crippen LogP contribution in [-0.4, -0.2) is 156 Å². The lowest BCUT2D eigenvalue weighted by Crippen LogP contribution is -2.61. The van der Waals surface area contributed by atoms with Crippen LogP contribution in [0.3, 0.4) is 0 Å². The fraction of sp³-hybridized carbons (Fsp3) is 0.745. The van der Waals surface area contributed by atoms with Crippen LogP contribution < -0.4 is 0 Å². The van der Waals surface area contributed by atoms with Crippen LogP contribution in [0.5, 0.6) is 0 Å². The van der Waals surface area contributed by atoms with Gasteiger partial charge in [-0.3, -0.25) is 24.0 Å². The Balaban J connectivity index is 1.67. The predicted octanol–water partition coefficient (Wildman–Crippen LogP) is 5.33. The molecule has 3 heterocycles. The number of nitrogens with zero attached hydrogens (tertiary/aromatic N) is 1. The number of piperidine rings is 1. The third-order valence-electron chi connectivity index (χ3n) is 15.5. The number of hydrogen-bond donors (Lipinski definition) is 4. The van der Waals surface area contributed by atoms with Gasteiger partial charge in [0.2, 0.25) is 5.79 Å². The Morgan fingerprint density at radius 2 is 1.57 bits per heavy atom. The quantitative estimate of drug-likeness (QED) is 0.123. The minimum absolute atomic E-state index is 0.00335. The van der Waals surface area contributed by atoms with Crippen LogP contribution in [0.15, 0.2) is 48.1 Å². The van der Waals surface area contributed by atoms with Gasteiger partial charge in [-0.05, 0) is 101 Å². The zero-order chi connectivity index (χ0) is 53.5. The maximum atomic E-state index is 14.5. The van der Waals surface area contributed by atoms with E-state index in [-0.39, 0.29) is 42.8 Å². The molecule has 17 heteroatoms. The standard InChI is InChI=1S/C55H85NO16/c1-33-16-12-11-13-17-35(3)45(67-8)29-40-22-20-38(6)55(66,72-40)50(62)51(63)56-25-15-14-18-41(56)52(64)70-46(30-43(60)34(2)19-23-42(59)49(69-10)48(61)37(5)26-33)36(4)27-39-21-24-44(47(28-39)68-9)71-53(65)54(7,31-57)32-58/h11-13,16-17,19,23,33-34,36-42,44-47,49,57-59,66H,14-15,18,20-22,24-32H2,1-10H3/b13-11+,16-12+,23-19+,35-17+/t33-,34-,36-,37-,38-,39+,40+,41+,42-,44-,45+,46+,47-,49-,55-/m1/s1. The molecule has 1 saturated carbocycles. The molecule has 4 N–H and O–H groups in total. The number of aliphatic hydroxyl groups is 4. The highest BCUT2D eigenvalue weighted by Crippen LogP contribution is 2.38. The van der Waals surface area contributed by atoms with Crippen molar-refractivity contribution >= 4 is 35.2 Å². The highest BCUT2D eigenvalue weighted by atomic mass is 16.6. The van der Waals surface area contributed by atoms with E-state index >= 15 is 0 Å². The minimum atomic E-state index is -2.47. The molecule has 1 aliphatic carbocycles. The van der Waals surface area contributed by atoms with Crippen molar-refractivity contribution in [1.29, 1.82) is 0 Å². The Morgan fingerprint density at radius 1 is 0.861 bits per heavy atom. The normalized spacial score (nSPS) is 37.4. The SMILES string of the molecule is CO[C@H]1C[C@@H]2CC[C@@H](C)[C@@](O)(O2)C(=O)C(=O)N2CCCC[C@H]2C(=O)O[C@H]([C@H](C)C[C@@H]2CC[C@@H](OC(=O)C(C)(CO)CO)[C@H](OC)C2)CC(=O)[C@H](C)/C=C/[C@@H](O)[C@@H](OC)C(=O)[C@H](C)C[C@H](C)/C=C/C=C/C=C/1C. The van der Waals surface area contributed by atoms with E-state index in [2.05, 4.69) is 0 Å². The molecule has 17 nitrogen and oxygen atoms in total. The van der Waals surface area contributed by atoms with Gasteiger partial charge < -0.3 is 53.7 Å². The summed E-state index contributed by atoms with van der Waals surface area (Å²) in [4.78, 5) is 85.0. The van der Waals surface area contributed by atoms with Crippen molar-refractivity contribution in [2.45, 2.75) is 180 Å². The minimum Gasteiger partial charge on any atom is -0.460 e. The zero-order valence-corrected chi connectivity index (χ0v) is 44.4. The maximum absolute atomic E-state index is 14.5. The van der Waals surface area contributed by atoms with Crippen LogP contribution in [0, 0.1) is 40.9 Å². The summed E-state index contributed by atoms with van der Waals surface area (Å²) in [5, 5.41) is 42.7. The summed E-state index contributed by atoms with van der Waals surface area (Å²) in [6.07, 6.45) is 11.0. The Kier molecular flexibility index (Phi) is 23.7. The van der Waals surface area contributed by atoms with Gasteiger partial charge in [0.05, 0.1) is 31.5 Å². The number of fused-ring (bicyclic) bond motifs is 3. The number of ketones is 3. The second-order valence-corrected chi connectivity index (χ2v) is 21.4. The molecule has 0 spiro atoms. The average Bonchev–Trinajstić information content (AvgIpc) is 3.37. The molecule has 2 bridgehead atoms. The molecule has 4 aliphatic rings. The number of allylic oxidation sites excluding steroid dienone is 6. The Bertz CT molecular complexity index is 1960. The molecule has 15 atom stereocenters. The molecular formula is C55H85NO16. The molecule has 406 valence electrons. The third-order valence-corrected chi connectivity index (χ3v) is 15.5. The van der Waals surface area contributed by atoms with Gasteiger partial charge in [-0.25, -0.2) is 4.79 Å². The second kappa shape index (κ2) is 28.1. The summed E-state index contributed by atoms with van der Waals surface area (Å²) in [7, 11) is 4.41. The summed E-state index contributed by atoms with van der Waals surface area (Å²) >= 11 is 0. The summed E-state index contributed by atoms with van der Waals surface area (Å²) in [5.74, 6) is -9.36. The van der Waals surface area contributed by atoms with Crippen LogP contribution in [0.25, 0.3) is 0 Å². The number of carbonyl (C=O) groups excluding carboxylic acids is 6. The average molecular weight is 1020 g/mol. The van der Waals surface area contributed by atoms with Gasteiger partial charge in [-0.2, -0.15) is 0 Å². The Morgan fingerprint density at radius 3 is 2.22 bits per heavy atom. The number of aliphatic hydroxyl groups excluding tert-OH is 3. The summed E-state index contributed by atoms with van der Waals surface area (Å²) in [6.45, 7) is 11.1. The fourth-order valence-electron chi connectivity index (χ4n) is 10.4. The monoisotopic (exact) mass is 1020 g/mol. The lowest BCUT2D eigenvalue weighted by atomic mass is 9.78. The Labute approximate surface area is 426 Å². The van der Waals surface area contributed by atoms with Crippen molar-refractivity contribution in [2.24, 2.45) is 40.9 Å². The maximum Gasteiger partial charge on any atom is 0.329 e. The number of ether oxygens (including phenoxy) is 6. The van der Waals surface area contributed by atoms with Gasteiger partial charge in [-0.15, -0.1) is 0 Å². The number of cyclic esters (lactones) is 1. The number of Topliss-reactive ketones (excluding diaryl/α,β-unsaturated/α-hetero) is 3. The molecule has 72 heavy (non-hydrogen) atoms. The largest absolute Gasteiger partial charge is 0.460 e. The van der Waals surface area contributed by atoms with E-state index in [9.17, 15) is 49.2 Å². The highest BCUT2D eigenvalue weighted by Gasteiger charge is 2.53. The molecule has 0 aromatic rings. The van der Waals surface area contributed by atoms with Crippen LogP contribution in [0.1, 0.15) is 126 Å². The first kappa shape index (κ1) is 60.6. The van der Waals surface area contributed by atoms with Crippen molar-refractivity contribution in [2.75, 3.05) is 41.1 Å². The van der Waals surface area contributed by atoms with Gasteiger partial charge in [0.25, 0.3) is 11.7 Å². The summed E-state index contributed by atoms with van der Waals surface area (Å²) in [6, 6.07) is -1.20. The summed E-state index contributed by atoms with van der Waals surface area (Å²) in [5.41, 5.74) is -0.626. The van der Waals surface area contributed by atoms with Gasteiger partial charge in [0, 0.05) is 58.5 Å². The molecular weight excluding hydrogens is 931 g/mol. The van der Waals surface area contributed by atoms with Crippen LogP contribution in [0.4, 0.5) is 0 Å². The molecule has 3 aliphatic heterocycles. The van der Waals surface area contributed by atoms with Crippen LogP contribution >= 0.6 is 0 Å². The van der Waals surface area contributed by atoms with E-state index in [1.165, 1.54) is 33.3 Å². The van der Waals surface area contributed by atoms with Gasteiger partial charge in [0.1, 0.15) is 41.7 Å². The molecule has 4 rings (SSSR count). The topological polar surface area (TPSA) is 242 Å². The van der Waals surface area contributed by atoms with E-state index in [1.807, 2.05) is 51.2 Å². The highest BCUT2D eigenvalue weighted by molar-refractivity contribution is 6.39.